The van der Waals surface area contributed by atoms with E-state index in [1.54, 1.807) is 6.92 Å². The SMILES string of the molecule is Cc1ccc2c(c1)CCCN2C(C)C(C)C(=O)O. The van der Waals surface area contributed by atoms with Gasteiger partial charge in [-0.2, -0.15) is 0 Å². The highest BCUT2D eigenvalue weighted by Gasteiger charge is 2.28. The number of carboxylic acids is 1. The van der Waals surface area contributed by atoms with Crippen molar-refractivity contribution >= 4 is 11.7 Å². The van der Waals surface area contributed by atoms with Crippen LogP contribution in [0.3, 0.4) is 0 Å². The first-order chi connectivity index (χ1) is 8.50. The summed E-state index contributed by atoms with van der Waals surface area (Å²) in [5.74, 6) is -1.07. The second kappa shape index (κ2) is 5.01. The van der Waals surface area contributed by atoms with Gasteiger partial charge in [0.2, 0.25) is 0 Å². The van der Waals surface area contributed by atoms with Crippen LogP contribution >= 0.6 is 0 Å². The van der Waals surface area contributed by atoms with Gasteiger partial charge < -0.3 is 10.0 Å². The van der Waals surface area contributed by atoms with Gasteiger partial charge >= 0.3 is 5.97 Å². The molecule has 0 amide bonds. The number of carboxylic acid groups (broad SMARTS) is 1. The van der Waals surface area contributed by atoms with Crippen LogP contribution in [-0.4, -0.2) is 23.7 Å². The number of rotatable bonds is 3. The Balaban J connectivity index is 2.30. The number of nitrogens with zero attached hydrogens (tertiary/aromatic N) is 1. The van der Waals surface area contributed by atoms with E-state index in [1.165, 1.54) is 16.8 Å². The summed E-state index contributed by atoms with van der Waals surface area (Å²) in [6.45, 7) is 6.85. The third kappa shape index (κ3) is 2.35. The van der Waals surface area contributed by atoms with E-state index in [-0.39, 0.29) is 12.0 Å². The van der Waals surface area contributed by atoms with Crippen molar-refractivity contribution in [3.05, 3.63) is 29.3 Å². The zero-order valence-electron chi connectivity index (χ0n) is 11.3. The van der Waals surface area contributed by atoms with E-state index in [0.29, 0.717) is 0 Å². The number of aryl methyl sites for hydroxylation is 2. The van der Waals surface area contributed by atoms with Crippen molar-refractivity contribution in [3.63, 3.8) is 0 Å². The molecule has 98 valence electrons. The summed E-state index contributed by atoms with van der Waals surface area (Å²) in [5.41, 5.74) is 3.84. The number of anilines is 1. The Hall–Kier alpha value is -1.51. The van der Waals surface area contributed by atoms with Crippen molar-refractivity contribution in [2.24, 2.45) is 5.92 Å². The molecule has 0 spiro atoms. The Morgan fingerprint density at radius 1 is 1.39 bits per heavy atom. The third-order valence-electron chi connectivity index (χ3n) is 3.99. The molecule has 1 aliphatic heterocycles. The highest BCUT2D eigenvalue weighted by atomic mass is 16.4. The smallest absolute Gasteiger partial charge is 0.308 e. The number of carbonyl (C=O) groups is 1. The highest BCUT2D eigenvalue weighted by molar-refractivity contribution is 5.71. The molecule has 1 heterocycles. The summed E-state index contributed by atoms with van der Waals surface area (Å²) in [4.78, 5) is 13.4. The maximum absolute atomic E-state index is 11.1. The first-order valence-corrected chi connectivity index (χ1v) is 6.59. The van der Waals surface area contributed by atoms with E-state index in [9.17, 15) is 4.79 Å². The maximum Gasteiger partial charge on any atom is 0.308 e. The number of hydrogen-bond acceptors (Lipinski definition) is 2. The number of benzene rings is 1. The molecule has 0 radical (unpaired) electrons. The van der Waals surface area contributed by atoms with E-state index in [4.69, 9.17) is 5.11 Å². The second-order valence-corrected chi connectivity index (χ2v) is 5.30. The van der Waals surface area contributed by atoms with E-state index in [0.717, 1.165) is 19.4 Å². The Labute approximate surface area is 108 Å². The van der Waals surface area contributed by atoms with Crippen molar-refractivity contribution in [2.45, 2.75) is 39.7 Å². The molecule has 2 rings (SSSR count). The van der Waals surface area contributed by atoms with Crippen molar-refractivity contribution in [1.29, 1.82) is 0 Å². The lowest BCUT2D eigenvalue weighted by Crippen LogP contribution is -2.43. The van der Waals surface area contributed by atoms with Crippen molar-refractivity contribution < 1.29 is 9.90 Å². The summed E-state index contributed by atoms with van der Waals surface area (Å²) in [6.07, 6.45) is 2.20. The molecule has 1 aromatic carbocycles. The fraction of sp³-hybridized carbons (Fsp3) is 0.533. The predicted molar refractivity (Wildman–Crippen MR) is 73.1 cm³/mol. The summed E-state index contributed by atoms with van der Waals surface area (Å²) < 4.78 is 0. The van der Waals surface area contributed by atoms with Gasteiger partial charge in [-0.25, -0.2) is 0 Å². The van der Waals surface area contributed by atoms with Crippen molar-refractivity contribution in [2.75, 3.05) is 11.4 Å². The normalized spacial score (nSPS) is 18.1. The fourth-order valence-corrected chi connectivity index (χ4v) is 2.65. The Bertz CT molecular complexity index is 456. The zero-order chi connectivity index (χ0) is 13.3. The Kier molecular flexibility index (Phi) is 3.60. The molecule has 1 N–H and O–H groups in total. The minimum atomic E-state index is -0.721. The van der Waals surface area contributed by atoms with Gasteiger partial charge in [0, 0.05) is 18.3 Å². The Morgan fingerprint density at radius 2 is 2.11 bits per heavy atom. The number of hydrogen-bond donors (Lipinski definition) is 1. The first-order valence-electron chi connectivity index (χ1n) is 6.59. The van der Waals surface area contributed by atoms with Crippen LogP contribution in [-0.2, 0) is 11.2 Å². The highest BCUT2D eigenvalue weighted by Crippen LogP contribution is 2.31. The lowest BCUT2D eigenvalue weighted by molar-refractivity contribution is -0.141. The van der Waals surface area contributed by atoms with Crippen LogP contribution < -0.4 is 4.90 Å². The molecular formula is C15H21NO2. The number of fused-ring (bicyclic) bond motifs is 1. The molecule has 0 fully saturated rings. The van der Waals surface area contributed by atoms with Gasteiger partial charge in [0.05, 0.1) is 5.92 Å². The zero-order valence-corrected chi connectivity index (χ0v) is 11.3. The quantitative estimate of drug-likeness (QED) is 0.893. The average Bonchev–Trinajstić information content (AvgIpc) is 2.35. The molecule has 0 saturated carbocycles. The van der Waals surface area contributed by atoms with Gasteiger partial charge in [-0.05, 0) is 45.2 Å². The van der Waals surface area contributed by atoms with E-state index in [1.807, 2.05) is 6.92 Å². The van der Waals surface area contributed by atoms with Gasteiger partial charge in [-0.15, -0.1) is 0 Å². The molecule has 0 saturated heterocycles. The largest absolute Gasteiger partial charge is 0.481 e. The Morgan fingerprint density at radius 3 is 2.78 bits per heavy atom. The van der Waals surface area contributed by atoms with Crippen LogP contribution in [0.1, 0.15) is 31.4 Å². The van der Waals surface area contributed by atoms with Gasteiger partial charge in [-0.3, -0.25) is 4.79 Å². The van der Waals surface area contributed by atoms with Gasteiger partial charge in [0.1, 0.15) is 0 Å². The summed E-state index contributed by atoms with van der Waals surface area (Å²) in [6, 6.07) is 6.49. The minimum absolute atomic E-state index is 0.0317. The summed E-state index contributed by atoms with van der Waals surface area (Å²) >= 11 is 0. The monoisotopic (exact) mass is 247 g/mol. The van der Waals surface area contributed by atoms with Gasteiger partial charge in [0.25, 0.3) is 0 Å². The summed E-state index contributed by atoms with van der Waals surface area (Å²) in [7, 11) is 0. The molecule has 2 atom stereocenters. The van der Waals surface area contributed by atoms with Gasteiger partial charge in [-0.1, -0.05) is 17.7 Å². The van der Waals surface area contributed by atoms with Crippen molar-refractivity contribution in [1.82, 2.24) is 0 Å². The first kappa shape index (κ1) is 12.9. The number of aliphatic carboxylic acids is 1. The lowest BCUT2D eigenvalue weighted by Gasteiger charge is -2.38. The van der Waals surface area contributed by atoms with Crippen molar-refractivity contribution in [3.8, 4) is 0 Å². The molecular weight excluding hydrogens is 226 g/mol. The van der Waals surface area contributed by atoms with Crippen LogP contribution in [0, 0.1) is 12.8 Å². The van der Waals surface area contributed by atoms with Crippen LogP contribution in [0.2, 0.25) is 0 Å². The summed E-state index contributed by atoms with van der Waals surface area (Å²) in [5, 5.41) is 9.15. The van der Waals surface area contributed by atoms with Crippen LogP contribution in [0.25, 0.3) is 0 Å². The molecule has 0 bridgehead atoms. The van der Waals surface area contributed by atoms with E-state index in [2.05, 4.69) is 30.0 Å². The molecule has 0 aromatic heterocycles. The van der Waals surface area contributed by atoms with Crippen LogP contribution in [0.5, 0.6) is 0 Å². The van der Waals surface area contributed by atoms with Crippen LogP contribution in [0.4, 0.5) is 5.69 Å². The average molecular weight is 247 g/mol. The molecule has 1 aromatic rings. The molecule has 2 unspecified atom stereocenters. The molecule has 18 heavy (non-hydrogen) atoms. The van der Waals surface area contributed by atoms with E-state index < -0.39 is 5.97 Å². The fourth-order valence-electron chi connectivity index (χ4n) is 2.65. The molecule has 3 nitrogen and oxygen atoms in total. The van der Waals surface area contributed by atoms with Gasteiger partial charge in [0.15, 0.2) is 0 Å². The van der Waals surface area contributed by atoms with E-state index >= 15 is 0 Å². The molecule has 0 aliphatic carbocycles. The maximum atomic E-state index is 11.1. The molecule has 3 heteroatoms. The predicted octanol–water partition coefficient (Wildman–Crippen LogP) is 2.86. The lowest BCUT2D eigenvalue weighted by atomic mass is 9.94. The standard InChI is InChI=1S/C15H21NO2/c1-10-6-7-14-13(9-10)5-4-8-16(14)12(3)11(2)15(17)18/h6-7,9,11-12H,4-5,8H2,1-3H3,(H,17,18). The molecule has 1 aliphatic rings. The topological polar surface area (TPSA) is 40.5 Å². The second-order valence-electron chi connectivity index (χ2n) is 5.30. The third-order valence-corrected chi connectivity index (χ3v) is 3.99. The van der Waals surface area contributed by atoms with Crippen LogP contribution in [0.15, 0.2) is 18.2 Å². The minimum Gasteiger partial charge on any atom is -0.481 e.